The number of benzene rings is 2. The largest absolute Gasteiger partial charge is 0.349 e. The van der Waals surface area contributed by atoms with Crippen molar-refractivity contribution in [1.82, 2.24) is 5.32 Å². The third-order valence-electron chi connectivity index (χ3n) is 6.34. The van der Waals surface area contributed by atoms with Crippen molar-refractivity contribution in [2.75, 3.05) is 10.6 Å². The molecule has 2 aromatic rings. The number of amides is 3. The van der Waals surface area contributed by atoms with Crippen LogP contribution in [-0.2, 0) is 4.79 Å². The Labute approximate surface area is 183 Å². The van der Waals surface area contributed by atoms with Crippen LogP contribution in [0.25, 0.3) is 0 Å². The van der Waals surface area contributed by atoms with Crippen molar-refractivity contribution in [3.8, 4) is 0 Å². The second-order valence-corrected chi connectivity index (χ2v) is 8.23. The lowest BCUT2D eigenvalue weighted by atomic mass is 9.84. The maximum Gasteiger partial charge on any atom is 0.323 e. The van der Waals surface area contributed by atoms with E-state index in [1.165, 1.54) is 0 Å². The first-order chi connectivity index (χ1) is 14.0. The van der Waals surface area contributed by atoms with E-state index in [1.807, 2.05) is 61.5 Å². The molecule has 30 heavy (non-hydrogen) atoms. The number of urea groups is 1. The molecule has 0 aliphatic heterocycles. The number of para-hydroxylation sites is 1. The summed E-state index contributed by atoms with van der Waals surface area (Å²) in [5.74, 6) is 0.968. The predicted molar refractivity (Wildman–Crippen MR) is 122 cm³/mol. The molecule has 6 nitrogen and oxygen atoms in total. The molecule has 0 spiro atoms. The molecule has 5 N–H and O–H groups in total. The zero-order valence-corrected chi connectivity index (χ0v) is 17.8. The summed E-state index contributed by atoms with van der Waals surface area (Å²) in [5.41, 5.74) is 8.71. The molecule has 4 rings (SSSR count). The lowest BCUT2D eigenvalue weighted by Gasteiger charge is -2.28. The lowest BCUT2D eigenvalue weighted by Crippen LogP contribution is -2.45. The zero-order chi connectivity index (χ0) is 20.4. The van der Waals surface area contributed by atoms with Gasteiger partial charge in [-0.25, -0.2) is 4.79 Å². The number of anilines is 2. The number of hydrogen-bond donors (Lipinski definition) is 4. The summed E-state index contributed by atoms with van der Waals surface area (Å²) in [6.07, 6.45) is 3.38. The summed E-state index contributed by atoms with van der Waals surface area (Å²) in [6, 6.07) is 16.4. The average molecular weight is 429 g/mol. The minimum absolute atomic E-state index is 0. The van der Waals surface area contributed by atoms with E-state index < -0.39 is 0 Å². The molecule has 0 saturated heterocycles. The molecular weight excluding hydrogens is 400 g/mol. The van der Waals surface area contributed by atoms with Crippen molar-refractivity contribution in [3.05, 3.63) is 60.2 Å². The van der Waals surface area contributed by atoms with Crippen molar-refractivity contribution in [2.24, 2.45) is 23.5 Å². The number of halogens is 1. The van der Waals surface area contributed by atoms with E-state index in [2.05, 4.69) is 16.0 Å². The number of nitrogens with one attached hydrogen (secondary N) is 3. The molecule has 2 fully saturated rings. The minimum Gasteiger partial charge on any atom is -0.349 e. The van der Waals surface area contributed by atoms with Gasteiger partial charge in [0.2, 0.25) is 5.91 Å². The second kappa shape index (κ2) is 9.49. The SMILES string of the molecule is CC(NC(=O)C1C2CCC(C2)C1N)c1ccc(NC(=O)Nc2ccccc2)cc1.Cl. The van der Waals surface area contributed by atoms with Crippen molar-refractivity contribution >= 4 is 35.7 Å². The van der Waals surface area contributed by atoms with Gasteiger partial charge in [-0.15, -0.1) is 12.4 Å². The van der Waals surface area contributed by atoms with Gasteiger partial charge in [0.1, 0.15) is 0 Å². The average Bonchev–Trinajstić information content (AvgIpc) is 3.30. The monoisotopic (exact) mass is 428 g/mol. The summed E-state index contributed by atoms with van der Waals surface area (Å²) in [5, 5.41) is 8.72. The molecule has 2 bridgehead atoms. The molecule has 0 radical (unpaired) electrons. The highest BCUT2D eigenvalue weighted by molar-refractivity contribution is 5.99. The number of rotatable bonds is 5. The number of nitrogens with two attached hydrogens (primary N) is 1. The smallest absolute Gasteiger partial charge is 0.323 e. The third-order valence-corrected chi connectivity index (χ3v) is 6.34. The molecule has 0 heterocycles. The van der Waals surface area contributed by atoms with Crippen molar-refractivity contribution < 1.29 is 9.59 Å². The Bertz CT molecular complexity index is 873. The first-order valence-electron chi connectivity index (χ1n) is 10.3. The Morgan fingerprint density at radius 2 is 1.53 bits per heavy atom. The molecule has 160 valence electrons. The molecule has 5 unspecified atom stereocenters. The highest BCUT2D eigenvalue weighted by atomic mass is 35.5. The number of carbonyl (C=O) groups excluding carboxylic acids is 2. The maximum atomic E-state index is 12.8. The van der Waals surface area contributed by atoms with Crippen LogP contribution >= 0.6 is 12.4 Å². The van der Waals surface area contributed by atoms with Gasteiger partial charge >= 0.3 is 6.03 Å². The normalized spacial score (nSPS) is 25.1. The maximum absolute atomic E-state index is 12.8. The Morgan fingerprint density at radius 1 is 0.933 bits per heavy atom. The fourth-order valence-electron chi connectivity index (χ4n) is 4.79. The van der Waals surface area contributed by atoms with E-state index >= 15 is 0 Å². The molecule has 5 atom stereocenters. The van der Waals surface area contributed by atoms with Crippen molar-refractivity contribution in [1.29, 1.82) is 0 Å². The predicted octanol–water partition coefficient (Wildman–Crippen LogP) is 4.30. The summed E-state index contributed by atoms with van der Waals surface area (Å²) in [6.45, 7) is 1.97. The molecule has 2 aliphatic rings. The van der Waals surface area contributed by atoms with Crippen LogP contribution in [0.3, 0.4) is 0 Å². The quantitative estimate of drug-likeness (QED) is 0.571. The summed E-state index contributed by atoms with van der Waals surface area (Å²) >= 11 is 0. The third kappa shape index (κ3) is 4.77. The van der Waals surface area contributed by atoms with E-state index in [4.69, 9.17) is 5.73 Å². The van der Waals surface area contributed by atoms with E-state index in [0.29, 0.717) is 17.5 Å². The molecule has 0 aromatic heterocycles. The second-order valence-electron chi connectivity index (χ2n) is 8.23. The topological polar surface area (TPSA) is 96.2 Å². The van der Waals surface area contributed by atoms with Crippen LogP contribution in [0.4, 0.5) is 16.2 Å². The van der Waals surface area contributed by atoms with Gasteiger partial charge in [0.05, 0.1) is 12.0 Å². The molecule has 2 aliphatic carbocycles. The summed E-state index contributed by atoms with van der Waals surface area (Å²) in [4.78, 5) is 24.9. The van der Waals surface area contributed by atoms with Gasteiger partial charge in [-0.2, -0.15) is 0 Å². The van der Waals surface area contributed by atoms with E-state index in [0.717, 1.165) is 30.5 Å². The van der Waals surface area contributed by atoms with Crippen LogP contribution in [0, 0.1) is 17.8 Å². The van der Waals surface area contributed by atoms with Crippen LogP contribution < -0.4 is 21.7 Å². The van der Waals surface area contributed by atoms with E-state index in [9.17, 15) is 9.59 Å². The summed E-state index contributed by atoms with van der Waals surface area (Å²) < 4.78 is 0. The number of carbonyl (C=O) groups is 2. The first kappa shape index (κ1) is 22.1. The number of hydrogen-bond acceptors (Lipinski definition) is 3. The Hall–Kier alpha value is -2.57. The molecule has 3 amide bonds. The van der Waals surface area contributed by atoms with Gasteiger partial charge in [0, 0.05) is 17.4 Å². The molecule has 2 aromatic carbocycles. The van der Waals surface area contributed by atoms with Crippen LogP contribution in [0.5, 0.6) is 0 Å². The van der Waals surface area contributed by atoms with Crippen LogP contribution in [-0.4, -0.2) is 18.0 Å². The standard InChI is InChI=1S/C23H28N4O2.ClH/c1-14(25-22(28)20-16-7-8-17(13-16)21(20)24)15-9-11-19(12-10-15)27-23(29)26-18-5-3-2-4-6-18;/h2-6,9-12,14,16-17,20-21H,7-8,13,24H2,1H3,(H,25,28)(H2,26,27,29);1H. The van der Waals surface area contributed by atoms with Gasteiger partial charge in [0.25, 0.3) is 0 Å². The van der Waals surface area contributed by atoms with E-state index in [1.54, 1.807) is 0 Å². The Balaban J connectivity index is 0.00000256. The van der Waals surface area contributed by atoms with Gasteiger partial charge in [-0.1, -0.05) is 30.3 Å². The van der Waals surface area contributed by atoms with Gasteiger partial charge in [0.15, 0.2) is 0 Å². The van der Waals surface area contributed by atoms with E-state index in [-0.39, 0.29) is 42.3 Å². The van der Waals surface area contributed by atoms with Gasteiger partial charge in [-0.3, -0.25) is 4.79 Å². The molecular formula is C23H29ClN4O2. The number of fused-ring (bicyclic) bond motifs is 2. The molecule has 7 heteroatoms. The van der Waals surface area contributed by atoms with Crippen molar-refractivity contribution in [2.45, 2.75) is 38.3 Å². The zero-order valence-electron chi connectivity index (χ0n) is 17.0. The van der Waals surface area contributed by atoms with Gasteiger partial charge < -0.3 is 21.7 Å². The highest BCUT2D eigenvalue weighted by Crippen LogP contribution is 2.47. The fourth-order valence-corrected chi connectivity index (χ4v) is 4.79. The molecule has 2 saturated carbocycles. The fraction of sp³-hybridized carbons (Fsp3) is 0.391. The highest BCUT2D eigenvalue weighted by Gasteiger charge is 2.49. The van der Waals surface area contributed by atoms with Crippen molar-refractivity contribution in [3.63, 3.8) is 0 Å². The van der Waals surface area contributed by atoms with Crippen LogP contribution in [0.1, 0.15) is 37.8 Å². The Morgan fingerprint density at radius 3 is 2.13 bits per heavy atom. The Kier molecular flexibility index (Phi) is 7.00. The minimum atomic E-state index is -0.296. The van der Waals surface area contributed by atoms with Gasteiger partial charge in [-0.05, 0) is 67.9 Å². The lowest BCUT2D eigenvalue weighted by molar-refractivity contribution is -0.127. The first-order valence-corrected chi connectivity index (χ1v) is 10.3. The van der Waals surface area contributed by atoms with Crippen LogP contribution in [0.15, 0.2) is 54.6 Å². The van der Waals surface area contributed by atoms with Crippen LogP contribution in [0.2, 0.25) is 0 Å². The summed E-state index contributed by atoms with van der Waals surface area (Å²) in [7, 11) is 0.